The van der Waals surface area contributed by atoms with E-state index in [0.717, 1.165) is 17.5 Å². The third kappa shape index (κ3) is 2.36. The Bertz CT molecular complexity index is 841. The molecule has 0 amide bonds. The predicted octanol–water partition coefficient (Wildman–Crippen LogP) is 3.23. The second-order valence-electron chi connectivity index (χ2n) is 6.59. The number of fused-ring (bicyclic) bond motifs is 3. The zero-order valence-electron chi connectivity index (χ0n) is 13.3. The van der Waals surface area contributed by atoms with Crippen LogP contribution < -0.4 is 10.4 Å². The highest BCUT2D eigenvalue weighted by Gasteiger charge is 2.43. The summed E-state index contributed by atoms with van der Waals surface area (Å²) in [6.07, 6.45) is 5.28. The molecule has 2 N–H and O–H groups in total. The Kier molecular flexibility index (Phi) is 3.70. The van der Waals surface area contributed by atoms with Crippen molar-refractivity contribution in [2.45, 2.75) is 25.3 Å². The maximum atomic E-state index is 12.5. The van der Waals surface area contributed by atoms with Crippen molar-refractivity contribution < 1.29 is 15.2 Å². The molecule has 3 nitrogen and oxygen atoms in total. The molecule has 0 bridgehead atoms. The van der Waals surface area contributed by atoms with Crippen molar-refractivity contribution >= 4 is 23.1 Å². The summed E-state index contributed by atoms with van der Waals surface area (Å²) in [5, 5.41) is 15.2. The van der Waals surface area contributed by atoms with Gasteiger partial charge in [-0.25, -0.2) is 0 Å². The van der Waals surface area contributed by atoms with Crippen LogP contribution in [0.5, 0.6) is 5.75 Å². The molecule has 0 aromatic heterocycles. The molecule has 24 heavy (non-hydrogen) atoms. The van der Waals surface area contributed by atoms with Crippen LogP contribution in [-0.2, 0) is 0 Å². The smallest absolute Gasteiger partial charge is 0.160 e. The number of quaternary nitrogens is 1. The molecule has 0 saturated heterocycles. The van der Waals surface area contributed by atoms with Crippen LogP contribution in [0, 0.1) is 5.92 Å². The van der Waals surface area contributed by atoms with E-state index in [2.05, 4.69) is 17.5 Å². The summed E-state index contributed by atoms with van der Waals surface area (Å²) in [7, 11) is 0. The number of benzene rings is 2. The zero-order valence-corrected chi connectivity index (χ0v) is 14.1. The predicted molar refractivity (Wildman–Crippen MR) is 91.7 cm³/mol. The van der Waals surface area contributed by atoms with Gasteiger partial charge in [0, 0.05) is 33.5 Å². The van der Waals surface area contributed by atoms with Crippen molar-refractivity contribution in [2.75, 3.05) is 0 Å². The lowest BCUT2D eigenvalue weighted by Gasteiger charge is -2.36. The lowest BCUT2D eigenvalue weighted by molar-refractivity contribution is -0.635. The van der Waals surface area contributed by atoms with Gasteiger partial charge in [-0.3, -0.25) is 4.79 Å². The van der Waals surface area contributed by atoms with Crippen molar-refractivity contribution in [2.24, 2.45) is 5.92 Å². The van der Waals surface area contributed by atoms with Gasteiger partial charge in [0.05, 0.1) is 0 Å². The lowest BCUT2D eigenvalue weighted by atomic mass is 9.75. The summed E-state index contributed by atoms with van der Waals surface area (Å²) < 4.78 is 0. The topological polar surface area (TPSA) is 56.7 Å². The van der Waals surface area contributed by atoms with Crippen LogP contribution >= 0.6 is 11.6 Å². The van der Waals surface area contributed by atoms with E-state index in [4.69, 9.17) is 11.6 Å². The molecular weight excluding hydrogens is 322 g/mol. The second-order valence-corrected chi connectivity index (χ2v) is 7.03. The first-order valence-corrected chi connectivity index (χ1v) is 8.56. The van der Waals surface area contributed by atoms with Crippen LogP contribution in [0.25, 0.3) is 0 Å². The van der Waals surface area contributed by atoms with E-state index in [-0.39, 0.29) is 23.5 Å². The van der Waals surface area contributed by atoms with E-state index in [0.29, 0.717) is 22.2 Å². The fourth-order valence-electron chi connectivity index (χ4n) is 4.14. The SMILES string of the molecule is CC(=O)c1ccc([O-])c2c1C1C=CCC1C(c1ccc(Cl)cc1)[NH2+]2. The highest BCUT2D eigenvalue weighted by molar-refractivity contribution is 6.30. The molecule has 122 valence electrons. The van der Waals surface area contributed by atoms with E-state index in [1.54, 1.807) is 13.0 Å². The standard InChI is InChI=1S/C20H18ClNO2/c1-11(23)14-9-10-17(24)20-18(14)15-3-2-4-16(15)19(22-20)12-5-7-13(21)8-6-12/h2-3,5-10,15-16,19,22,24H,4H2,1H3. The summed E-state index contributed by atoms with van der Waals surface area (Å²) in [5.41, 5.74) is 3.45. The number of ketones is 1. The molecule has 2 aliphatic rings. The van der Waals surface area contributed by atoms with E-state index < -0.39 is 0 Å². The number of hydrogen-bond donors (Lipinski definition) is 1. The van der Waals surface area contributed by atoms with Gasteiger partial charge in [-0.15, -0.1) is 0 Å². The van der Waals surface area contributed by atoms with Crippen LogP contribution in [0.3, 0.4) is 0 Å². The maximum absolute atomic E-state index is 12.5. The monoisotopic (exact) mass is 339 g/mol. The number of halogens is 1. The largest absolute Gasteiger partial charge is 0.868 e. The highest BCUT2D eigenvalue weighted by atomic mass is 35.5. The quantitative estimate of drug-likeness (QED) is 0.519. The molecular formula is C20H18ClNO2. The molecule has 3 unspecified atom stereocenters. The van der Waals surface area contributed by atoms with Gasteiger partial charge in [-0.2, -0.15) is 0 Å². The van der Waals surface area contributed by atoms with E-state index in [1.165, 1.54) is 6.07 Å². The van der Waals surface area contributed by atoms with Crippen molar-refractivity contribution in [3.63, 3.8) is 0 Å². The van der Waals surface area contributed by atoms with E-state index in [9.17, 15) is 9.90 Å². The summed E-state index contributed by atoms with van der Waals surface area (Å²) in [4.78, 5) is 12.1. The molecule has 3 atom stereocenters. The molecule has 0 saturated carbocycles. The average Bonchev–Trinajstić information content (AvgIpc) is 3.05. The van der Waals surface area contributed by atoms with Crippen molar-refractivity contribution in [3.05, 3.63) is 70.3 Å². The fourth-order valence-corrected chi connectivity index (χ4v) is 4.26. The van der Waals surface area contributed by atoms with Crippen LogP contribution in [0.2, 0.25) is 5.02 Å². The number of nitrogens with two attached hydrogens (primary N) is 1. The Morgan fingerprint density at radius 2 is 1.96 bits per heavy atom. The van der Waals surface area contributed by atoms with Gasteiger partial charge < -0.3 is 10.4 Å². The molecule has 0 fully saturated rings. The number of hydrogen-bond acceptors (Lipinski definition) is 2. The van der Waals surface area contributed by atoms with E-state index in [1.807, 2.05) is 24.3 Å². The van der Waals surface area contributed by atoms with Crippen molar-refractivity contribution in [3.8, 4) is 5.75 Å². The normalized spacial score (nSPS) is 24.5. The molecule has 0 radical (unpaired) electrons. The van der Waals surface area contributed by atoms with Crippen molar-refractivity contribution in [1.82, 2.24) is 0 Å². The molecule has 0 spiro atoms. The third-order valence-electron chi connectivity index (χ3n) is 5.24. The molecule has 2 aromatic rings. The van der Waals surface area contributed by atoms with Gasteiger partial charge in [0.25, 0.3) is 0 Å². The van der Waals surface area contributed by atoms with Crippen LogP contribution in [0.4, 0.5) is 5.69 Å². The average molecular weight is 340 g/mol. The summed E-state index contributed by atoms with van der Waals surface area (Å²) in [5.74, 6) is 0.480. The second kappa shape index (κ2) is 5.76. The Balaban J connectivity index is 1.86. The summed E-state index contributed by atoms with van der Waals surface area (Å²) in [6.45, 7) is 1.57. The minimum absolute atomic E-state index is 0.00675. The molecule has 1 aliphatic heterocycles. The third-order valence-corrected chi connectivity index (χ3v) is 5.49. The van der Waals surface area contributed by atoms with Gasteiger partial charge in [0.1, 0.15) is 11.7 Å². The fraction of sp³-hybridized carbons (Fsp3) is 0.250. The highest BCUT2D eigenvalue weighted by Crippen LogP contribution is 2.48. The Morgan fingerprint density at radius 1 is 1.21 bits per heavy atom. The van der Waals surface area contributed by atoms with E-state index >= 15 is 0 Å². The van der Waals surface area contributed by atoms with Gasteiger partial charge in [0.15, 0.2) is 5.78 Å². The molecule has 4 rings (SSSR count). The first-order chi connectivity index (χ1) is 11.6. The van der Waals surface area contributed by atoms with Crippen LogP contribution in [0.1, 0.15) is 46.8 Å². The molecule has 2 aromatic carbocycles. The number of Topliss-reactive ketones (excluding diaryl/α,β-unsaturated/α-hetero) is 1. The number of allylic oxidation sites excluding steroid dienone is 2. The maximum Gasteiger partial charge on any atom is 0.160 e. The van der Waals surface area contributed by atoms with Crippen LogP contribution in [0.15, 0.2) is 48.6 Å². The number of carbonyl (C=O) groups is 1. The lowest BCUT2D eigenvalue weighted by Crippen LogP contribution is -2.83. The molecule has 1 aliphatic carbocycles. The summed E-state index contributed by atoms with van der Waals surface area (Å²) in [6, 6.07) is 11.2. The number of carbonyl (C=O) groups excluding carboxylic acids is 1. The first-order valence-electron chi connectivity index (χ1n) is 8.18. The van der Waals surface area contributed by atoms with Gasteiger partial charge in [0.2, 0.25) is 0 Å². The van der Waals surface area contributed by atoms with Crippen LogP contribution in [-0.4, -0.2) is 5.78 Å². The first kappa shape index (κ1) is 15.4. The van der Waals surface area contributed by atoms with Crippen molar-refractivity contribution in [1.29, 1.82) is 0 Å². The minimum Gasteiger partial charge on any atom is -0.868 e. The molecule has 1 heterocycles. The Labute approximate surface area is 146 Å². The number of rotatable bonds is 2. The molecule has 4 heteroatoms. The zero-order chi connectivity index (χ0) is 16.8. The van der Waals surface area contributed by atoms with Gasteiger partial charge in [-0.05, 0) is 31.2 Å². The Hall–Kier alpha value is -2.10. The van der Waals surface area contributed by atoms with Gasteiger partial charge in [-0.1, -0.05) is 48.0 Å². The Morgan fingerprint density at radius 3 is 2.67 bits per heavy atom. The summed E-state index contributed by atoms with van der Waals surface area (Å²) >= 11 is 6.01. The van der Waals surface area contributed by atoms with Gasteiger partial charge >= 0.3 is 0 Å². The minimum atomic E-state index is -0.00675.